The molecule has 0 N–H and O–H groups in total. The van der Waals surface area contributed by atoms with E-state index >= 15 is 0 Å². The molecule has 0 unspecified atom stereocenters. The summed E-state index contributed by atoms with van der Waals surface area (Å²) in [5, 5.41) is 0. The van der Waals surface area contributed by atoms with Crippen molar-refractivity contribution < 1.29 is 4.74 Å². The normalized spacial score (nSPS) is 10.4. The molecule has 1 heteroatoms. The standard InChI is InChI=1S/C8H10.C5H12O/c1-7-5-3-4-6-8(7)2;1-5(2,3)6-4/h3-6H,1-2H3;1-4H3. The third kappa shape index (κ3) is 6.67. The van der Waals surface area contributed by atoms with E-state index in [1.54, 1.807) is 7.11 Å². The van der Waals surface area contributed by atoms with Crippen LogP contribution in [0.2, 0.25) is 0 Å². The molecule has 0 aromatic heterocycles. The molecule has 0 saturated heterocycles. The molecular formula is C13H22O. The van der Waals surface area contributed by atoms with Crippen LogP contribution in [0.5, 0.6) is 0 Å². The van der Waals surface area contributed by atoms with Crippen LogP contribution in [0, 0.1) is 13.8 Å². The van der Waals surface area contributed by atoms with Gasteiger partial charge in [-0.25, -0.2) is 0 Å². The summed E-state index contributed by atoms with van der Waals surface area (Å²) in [4.78, 5) is 0. The second-order valence-corrected chi connectivity index (χ2v) is 4.40. The van der Waals surface area contributed by atoms with Crippen molar-refractivity contribution in [1.82, 2.24) is 0 Å². The van der Waals surface area contributed by atoms with Crippen molar-refractivity contribution in [3.05, 3.63) is 35.4 Å². The van der Waals surface area contributed by atoms with Gasteiger partial charge in [0.2, 0.25) is 0 Å². The molecular weight excluding hydrogens is 172 g/mol. The van der Waals surface area contributed by atoms with E-state index in [-0.39, 0.29) is 5.60 Å². The summed E-state index contributed by atoms with van der Waals surface area (Å²) < 4.78 is 4.94. The van der Waals surface area contributed by atoms with Crippen LogP contribution in [0.4, 0.5) is 0 Å². The first-order valence-electron chi connectivity index (χ1n) is 4.94. The lowest BCUT2D eigenvalue weighted by Gasteiger charge is -2.14. The van der Waals surface area contributed by atoms with E-state index in [4.69, 9.17) is 4.74 Å². The molecule has 14 heavy (non-hydrogen) atoms. The van der Waals surface area contributed by atoms with Gasteiger partial charge in [-0.3, -0.25) is 0 Å². The summed E-state index contributed by atoms with van der Waals surface area (Å²) in [6.45, 7) is 10.3. The zero-order valence-corrected chi connectivity index (χ0v) is 10.2. The van der Waals surface area contributed by atoms with Crippen LogP contribution < -0.4 is 0 Å². The highest BCUT2D eigenvalue weighted by molar-refractivity contribution is 5.23. The molecule has 0 bridgehead atoms. The van der Waals surface area contributed by atoms with E-state index in [2.05, 4.69) is 38.1 Å². The second kappa shape index (κ2) is 5.82. The Balaban J connectivity index is 0.000000255. The average molecular weight is 194 g/mol. The fourth-order valence-corrected chi connectivity index (χ4v) is 0.663. The van der Waals surface area contributed by atoms with E-state index in [1.165, 1.54) is 11.1 Å². The lowest BCUT2D eigenvalue weighted by molar-refractivity contribution is 0.0397. The van der Waals surface area contributed by atoms with Gasteiger partial charge < -0.3 is 4.74 Å². The van der Waals surface area contributed by atoms with Gasteiger partial charge in [-0.15, -0.1) is 0 Å². The minimum absolute atomic E-state index is 0.0417. The van der Waals surface area contributed by atoms with Crippen LogP contribution in [0.3, 0.4) is 0 Å². The molecule has 0 atom stereocenters. The van der Waals surface area contributed by atoms with E-state index in [9.17, 15) is 0 Å². The van der Waals surface area contributed by atoms with Crippen molar-refractivity contribution in [1.29, 1.82) is 0 Å². The zero-order chi connectivity index (χ0) is 11.2. The molecule has 1 nitrogen and oxygen atoms in total. The molecule has 0 aliphatic carbocycles. The van der Waals surface area contributed by atoms with Crippen LogP contribution in [-0.2, 0) is 4.74 Å². The smallest absolute Gasteiger partial charge is 0.0594 e. The maximum absolute atomic E-state index is 4.94. The second-order valence-electron chi connectivity index (χ2n) is 4.40. The summed E-state index contributed by atoms with van der Waals surface area (Å²) in [6.07, 6.45) is 0. The van der Waals surface area contributed by atoms with Crippen LogP contribution in [0.15, 0.2) is 24.3 Å². The highest BCUT2D eigenvalue weighted by Crippen LogP contribution is 2.03. The Labute approximate surface area is 88.1 Å². The van der Waals surface area contributed by atoms with Gasteiger partial charge in [0.25, 0.3) is 0 Å². The van der Waals surface area contributed by atoms with Crippen molar-refractivity contribution in [2.75, 3.05) is 7.11 Å². The van der Waals surface area contributed by atoms with Gasteiger partial charge in [0.05, 0.1) is 5.60 Å². The number of ether oxygens (including phenoxy) is 1. The molecule has 80 valence electrons. The van der Waals surface area contributed by atoms with Crippen molar-refractivity contribution >= 4 is 0 Å². The molecule has 0 spiro atoms. The average Bonchev–Trinajstić information content (AvgIpc) is 2.10. The van der Waals surface area contributed by atoms with Crippen molar-refractivity contribution in [3.63, 3.8) is 0 Å². The molecule has 1 aromatic rings. The van der Waals surface area contributed by atoms with Crippen LogP contribution in [0.1, 0.15) is 31.9 Å². The third-order valence-corrected chi connectivity index (χ3v) is 2.04. The number of hydrogen-bond donors (Lipinski definition) is 0. The molecule has 0 fully saturated rings. The maximum Gasteiger partial charge on any atom is 0.0594 e. The highest BCUT2D eigenvalue weighted by atomic mass is 16.5. The van der Waals surface area contributed by atoms with Gasteiger partial charge in [0.15, 0.2) is 0 Å². The van der Waals surface area contributed by atoms with Gasteiger partial charge in [-0.2, -0.15) is 0 Å². The van der Waals surface area contributed by atoms with Gasteiger partial charge in [0, 0.05) is 7.11 Å². The van der Waals surface area contributed by atoms with Crippen LogP contribution in [-0.4, -0.2) is 12.7 Å². The molecule has 1 aromatic carbocycles. The Kier molecular flexibility index (Phi) is 5.47. The van der Waals surface area contributed by atoms with Crippen molar-refractivity contribution in [2.45, 2.75) is 40.2 Å². The van der Waals surface area contributed by atoms with E-state index in [0.717, 1.165) is 0 Å². The monoisotopic (exact) mass is 194 g/mol. The van der Waals surface area contributed by atoms with E-state index < -0.39 is 0 Å². The van der Waals surface area contributed by atoms with Gasteiger partial charge in [-0.1, -0.05) is 24.3 Å². The fraction of sp³-hybridized carbons (Fsp3) is 0.538. The van der Waals surface area contributed by atoms with Gasteiger partial charge in [0.1, 0.15) is 0 Å². The van der Waals surface area contributed by atoms with E-state index in [0.29, 0.717) is 0 Å². The van der Waals surface area contributed by atoms with E-state index in [1.807, 2.05) is 20.8 Å². The van der Waals surface area contributed by atoms with Crippen molar-refractivity contribution in [2.24, 2.45) is 0 Å². The number of hydrogen-bond acceptors (Lipinski definition) is 1. The maximum atomic E-state index is 4.94. The molecule has 0 radical (unpaired) electrons. The Morgan fingerprint density at radius 3 is 1.36 bits per heavy atom. The molecule has 0 saturated carbocycles. The number of methoxy groups -OCH3 is 1. The quantitative estimate of drug-likeness (QED) is 0.611. The summed E-state index contributed by atoms with van der Waals surface area (Å²) in [7, 11) is 1.71. The summed E-state index contributed by atoms with van der Waals surface area (Å²) >= 11 is 0. The first-order valence-corrected chi connectivity index (χ1v) is 4.94. The Morgan fingerprint density at radius 2 is 1.21 bits per heavy atom. The number of benzene rings is 1. The molecule has 1 rings (SSSR count). The topological polar surface area (TPSA) is 9.23 Å². The van der Waals surface area contributed by atoms with Gasteiger partial charge >= 0.3 is 0 Å². The summed E-state index contributed by atoms with van der Waals surface area (Å²) in [5.74, 6) is 0. The number of aryl methyl sites for hydroxylation is 2. The lowest BCUT2D eigenvalue weighted by atomic mass is 10.1. The Morgan fingerprint density at radius 1 is 0.929 bits per heavy atom. The molecule has 0 amide bonds. The summed E-state index contributed by atoms with van der Waals surface area (Å²) in [6, 6.07) is 8.36. The summed E-state index contributed by atoms with van der Waals surface area (Å²) in [5.41, 5.74) is 2.78. The largest absolute Gasteiger partial charge is 0.379 e. The first kappa shape index (κ1) is 13.2. The Bertz CT molecular complexity index is 237. The zero-order valence-electron chi connectivity index (χ0n) is 10.2. The Hall–Kier alpha value is -0.820. The van der Waals surface area contributed by atoms with Crippen LogP contribution >= 0.6 is 0 Å². The predicted octanol–water partition coefficient (Wildman–Crippen LogP) is 3.73. The minimum Gasteiger partial charge on any atom is -0.379 e. The number of rotatable bonds is 0. The molecule has 0 aliphatic heterocycles. The lowest BCUT2D eigenvalue weighted by Crippen LogP contribution is -2.15. The minimum atomic E-state index is 0.0417. The highest BCUT2D eigenvalue weighted by Gasteiger charge is 2.03. The third-order valence-electron chi connectivity index (χ3n) is 2.04. The van der Waals surface area contributed by atoms with Gasteiger partial charge in [-0.05, 0) is 45.7 Å². The first-order chi connectivity index (χ1) is 6.37. The van der Waals surface area contributed by atoms with Crippen LogP contribution in [0.25, 0.3) is 0 Å². The molecule has 0 heterocycles. The molecule has 0 aliphatic rings. The fourth-order valence-electron chi connectivity index (χ4n) is 0.663. The predicted molar refractivity (Wildman–Crippen MR) is 62.7 cm³/mol. The SMILES string of the molecule is COC(C)(C)C.Cc1ccccc1C. The van der Waals surface area contributed by atoms with Crippen molar-refractivity contribution in [3.8, 4) is 0 Å².